The van der Waals surface area contributed by atoms with Crippen LogP contribution in [0.4, 0.5) is 0 Å². The fraction of sp³-hybridized carbons (Fsp3) is 0.333. The first kappa shape index (κ1) is 14.7. The van der Waals surface area contributed by atoms with Crippen molar-refractivity contribution < 1.29 is 0 Å². The molecule has 0 aliphatic heterocycles. The summed E-state index contributed by atoms with van der Waals surface area (Å²) >= 11 is 5.27. The first-order valence-electron chi connectivity index (χ1n) is 6.30. The van der Waals surface area contributed by atoms with Gasteiger partial charge in [0.25, 0.3) is 0 Å². The minimum Gasteiger partial charge on any atom is -0.329 e. The molecule has 0 spiro atoms. The standard InChI is InChI=1S/C15H19BrN2S/c1-11-5-3-4-6-12(11)9-18(2)14(8-17)15-7-13(16)10-19-15/h3-7,10,14H,8-9,17H2,1-2H3. The second-order valence-electron chi connectivity index (χ2n) is 4.76. The van der Waals surface area contributed by atoms with E-state index in [2.05, 4.69) is 70.5 Å². The van der Waals surface area contributed by atoms with Crippen molar-refractivity contribution in [2.75, 3.05) is 13.6 Å². The van der Waals surface area contributed by atoms with Crippen LogP contribution < -0.4 is 5.73 Å². The summed E-state index contributed by atoms with van der Waals surface area (Å²) in [6.07, 6.45) is 0. The molecule has 0 aliphatic rings. The van der Waals surface area contributed by atoms with Crippen molar-refractivity contribution in [2.24, 2.45) is 5.73 Å². The second kappa shape index (κ2) is 6.66. The van der Waals surface area contributed by atoms with E-state index in [9.17, 15) is 0 Å². The van der Waals surface area contributed by atoms with Crippen LogP contribution in [0.2, 0.25) is 0 Å². The Bertz CT molecular complexity index is 538. The van der Waals surface area contributed by atoms with Gasteiger partial charge >= 0.3 is 0 Å². The number of benzene rings is 1. The third kappa shape index (κ3) is 3.66. The van der Waals surface area contributed by atoms with E-state index in [4.69, 9.17) is 5.73 Å². The highest BCUT2D eigenvalue weighted by Crippen LogP contribution is 2.29. The number of rotatable bonds is 5. The summed E-state index contributed by atoms with van der Waals surface area (Å²) in [7, 11) is 2.14. The van der Waals surface area contributed by atoms with Crippen molar-refractivity contribution in [1.29, 1.82) is 0 Å². The lowest BCUT2D eigenvalue weighted by atomic mass is 10.1. The van der Waals surface area contributed by atoms with Crippen LogP contribution in [-0.2, 0) is 6.54 Å². The smallest absolute Gasteiger partial charge is 0.0565 e. The van der Waals surface area contributed by atoms with Crippen LogP contribution in [0.15, 0.2) is 40.2 Å². The highest BCUT2D eigenvalue weighted by molar-refractivity contribution is 9.10. The van der Waals surface area contributed by atoms with Crippen LogP contribution in [0, 0.1) is 6.92 Å². The van der Waals surface area contributed by atoms with E-state index in [1.165, 1.54) is 16.0 Å². The number of thiophene rings is 1. The normalized spacial score (nSPS) is 12.9. The fourth-order valence-electron chi connectivity index (χ4n) is 2.18. The Balaban J connectivity index is 2.13. The minimum absolute atomic E-state index is 0.274. The molecule has 4 heteroatoms. The van der Waals surface area contributed by atoms with E-state index in [-0.39, 0.29) is 6.04 Å². The summed E-state index contributed by atoms with van der Waals surface area (Å²) in [4.78, 5) is 3.63. The molecule has 0 bridgehead atoms. The van der Waals surface area contributed by atoms with Gasteiger partial charge in [0.1, 0.15) is 0 Å². The fourth-order valence-corrected chi connectivity index (χ4v) is 3.81. The highest BCUT2D eigenvalue weighted by atomic mass is 79.9. The predicted molar refractivity (Wildman–Crippen MR) is 86.5 cm³/mol. The monoisotopic (exact) mass is 338 g/mol. The Hall–Kier alpha value is -0.680. The van der Waals surface area contributed by atoms with Crippen molar-refractivity contribution in [1.82, 2.24) is 4.90 Å². The molecule has 0 amide bonds. The van der Waals surface area contributed by atoms with Gasteiger partial charge in [-0.05, 0) is 47.1 Å². The average molecular weight is 339 g/mol. The van der Waals surface area contributed by atoms with Crippen molar-refractivity contribution in [3.8, 4) is 0 Å². The van der Waals surface area contributed by atoms with Crippen molar-refractivity contribution >= 4 is 27.3 Å². The summed E-state index contributed by atoms with van der Waals surface area (Å²) in [6.45, 7) is 3.71. The van der Waals surface area contributed by atoms with Gasteiger partial charge in [-0.2, -0.15) is 0 Å². The van der Waals surface area contributed by atoms with Gasteiger partial charge in [-0.15, -0.1) is 11.3 Å². The molecule has 102 valence electrons. The molecule has 0 saturated heterocycles. The number of nitrogens with zero attached hydrogens (tertiary/aromatic N) is 1. The Morgan fingerprint density at radius 1 is 1.37 bits per heavy atom. The van der Waals surface area contributed by atoms with Gasteiger partial charge in [0.15, 0.2) is 0 Å². The zero-order valence-electron chi connectivity index (χ0n) is 11.3. The van der Waals surface area contributed by atoms with Gasteiger partial charge < -0.3 is 5.73 Å². The molecule has 2 aromatic rings. The van der Waals surface area contributed by atoms with Crippen molar-refractivity contribution in [2.45, 2.75) is 19.5 Å². The quantitative estimate of drug-likeness (QED) is 0.894. The molecule has 1 aromatic heterocycles. The average Bonchev–Trinajstić information content (AvgIpc) is 2.80. The Morgan fingerprint density at radius 2 is 2.11 bits per heavy atom. The molecule has 0 radical (unpaired) electrons. The molecule has 1 aromatic carbocycles. The van der Waals surface area contributed by atoms with Crippen LogP contribution >= 0.6 is 27.3 Å². The zero-order chi connectivity index (χ0) is 13.8. The molecule has 2 N–H and O–H groups in total. The molecule has 2 nitrogen and oxygen atoms in total. The van der Waals surface area contributed by atoms with Gasteiger partial charge in [0.05, 0.1) is 6.04 Å². The van der Waals surface area contributed by atoms with E-state index >= 15 is 0 Å². The van der Waals surface area contributed by atoms with Gasteiger partial charge in [0.2, 0.25) is 0 Å². The number of hydrogen-bond acceptors (Lipinski definition) is 3. The van der Waals surface area contributed by atoms with Crippen molar-refractivity contribution in [3.05, 3.63) is 56.2 Å². The van der Waals surface area contributed by atoms with Gasteiger partial charge in [-0.3, -0.25) is 4.90 Å². The lowest BCUT2D eigenvalue weighted by Crippen LogP contribution is -2.29. The molecule has 0 fully saturated rings. The number of aryl methyl sites for hydroxylation is 1. The maximum Gasteiger partial charge on any atom is 0.0565 e. The Labute approximate surface area is 127 Å². The maximum atomic E-state index is 5.96. The van der Waals surface area contributed by atoms with Crippen LogP contribution in [0.5, 0.6) is 0 Å². The van der Waals surface area contributed by atoms with Gasteiger partial charge in [-0.25, -0.2) is 0 Å². The van der Waals surface area contributed by atoms with E-state index in [1.54, 1.807) is 11.3 Å². The first-order chi connectivity index (χ1) is 9.11. The number of nitrogens with two attached hydrogens (primary N) is 1. The largest absolute Gasteiger partial charge is 0.329 e. The van der Waals surface area contributed by atoms with E-state index in [1.807, 2.05) is 0 Å². The molecule has 1 unspecified atom stereocenters. The molecule has 0 aliphatic carbocycles. The second-order valence-corrected chi connectivity index (χ2v) is 6.62. The minimum atomic E-state index is 0.274. The summed E-state index contributed by atoms with van der Waals surface area (Å²) in [5.41, 5.74) is 8.65. The van der Waals surface area contributed by atoms with Gasteiger partial charge in [0, 0.05) is 27.8 Å². The molecule has 2 rings (SSSR count). The van der Waals surface area contributed by atoms with E-state index in [0.717, 1.165) is 11.0 Å². The van der Waals surface area contributed by atoms with E-state index < -0.39 is 0 Å². The maximum absolute atomic E-state index is 5.96. The SMILES string of the molecule is Cc1ccccc1CN(C)C(CN)c1cc(Br)cs1. The van der Waals surface area contributed by atoms with Crippen LogP contribution in [0.25, 0.3) is 0 Å². The van der Waals surface area contributed by atoms with Crippen molar-refractivity contribution in [3.63, 3.8) is 0 Å². The highest BCUT2D eigenvalue weighted by Gasteiger charge is 2.17. The lowest BCUT2D eigenvalue weighted by molar-refractivity contribution is 0.244. The predicted octanol–water partition coefficient (Wildman–Crippen LogP) is 3.95. The molecular formula is C15H19BrN2S. The summed E-state index contributed by atoms with van der Waals surface area (Å²) in [5.74, 6) is 0. The zero-order valence-corrected chi connectivity index (χ0v) is 13.7. The van der Waals surface area contributed by atoms with E-state index in [0.29, 0.717) is 6.54 Å². The summed E-state index contributed by atoms with van der Waals surface area (Å²) < 4.78 is 1.13. The number of likely N-dealkylation sites (N-methyl/N-ethyl adjacent to an activating group) is 1. The molecule has 19 heavy (non-hydrogen) atoms. The molecule has 1 heterocycles. The Kier molecular flexibility index (Phi) is 5.16. The first-order valence-corrected chi connectivity index (χ1v) is 7.98. The Morgan fingerprint density at radius 3 is 2.68 bits per heavy atom. The topological polar surface area (TPSA) is 29.3 Å². The third-order valence-electron chi connectivity index (χ3n) is 3.35. The van der Waals surface area contributed by atoms with Crippen LogP contribution in [-0.4, -0.2) is 18.5 Å². The number of hydrogen-bond donors (Lipinski definition) is 1. The number of halogens is 1. The lowest BCUT2D eigenvalue weighted by Gasteiger charge is -2.26. The van der Waals surface area contributed by atoms with Gasteiger partial charge in [-0.1, -0.05) is 24.3 Å². The summed E-state index contributed by atoms with van der Waals surface area (Å²) in [5, 5.41) is 2.11. The third-order valence-corrected chi connectivity index (χ3v) is 5.15. The van der Waals surface area contributed by atoms with Crippen LogP contribution in [0.3, 0.4) is 0 Å². The summed E-state index contributed by atoms with van der Waals surface area (Å²) in [6, 6.07) is 10.9. The molecule has 0 saturated carbocycles. The van der Waals surface area contributed by atoms with Crippen LogP contribution in [0.1, 0.15) is 22.0 Å². The molecule has 1 atom stereocenters. The molecular weight excluding hydrogens is 320 g/mol.